The van der Waals surface area contributed by atoms with E-state index in [1.165, 1.54) is 5.56 Å². The van der Waals surface area contributed by atoms with E-state index in [0.29, 0.717) is 12.8 Å². The van der Waals surface area contributed by atoms with Crippen LogP contribution in [0.1, 0.15) is 12.5 Å². The van der Waals surface area contributed by atoms with Crippen molar-refractivity contribution >= 4 is 15.9 Å². The summed E-state index contributed by atoms with van der Waals surface area (Å²) < 4.78 is 17.2. The number of halogens is 1. The van der Waals surface area contributed by atoms with Gasteiger partial charge in [0.2, 0.25) is 6.79 Å². The predicted octanol–water partition coefficient (Wildman–Crippen LogP) is 1.99. The summed E-state index contributed by atoms with van der Waals surface area (Å²) in [6.07, 6.45) is 0. The van der Waals surface area contributed by atoms with Gasteiger partial charge in [-0.2, -0.15) is 0 Å². The molecule has 1 saturated heterocycles. The van der Waals surface area contributed by atoms with Crippen molar-refractivity contribution in [3.05, 3.63) is 22.2 Å². The Morgan fingerprint density at radius 2 is 2.10 bits per heavy atom. The van der Waals surface area contributed by atoms with Crippen LogP contribution in [0.15, 0.2) is 16.6 Å². The Morgan fingerprint density at radius 3 is 2.90 bits per heavy atom. The highest BCUT2D eigenvalue weighted by Gasteiger charge is 2.18. The van der Waals surface area contributed by atoms with E-state index in [0.717, 1.165) is 55.4 Å². The SMILES string of the molecule is CC(CN1CCOCC1)NCc1cc(Br)c2c(c1)OCO2. The van der Waals surface area contributed by atoms with Crippen LogP contribution in [0.3, 0.4) is 0 Å². The smallest absolute Gasteiger partial charge is 0.231 e. The van der Waals surface area contributed by atoms with E-state index < -0.39 is 0 Å². The van der Waals surface area contributed by atoms with Gasteiger partial charge in [-0.25, -0.2) is 0 Å². The third-order valence-electron chi connectivity index (χ3n) is 3.78. The lowest BCUT2D eigenvalue weighted by Gasteiger charge is -2.29. The lowest BCUT2D eigenvalue weighted by atomic mass is 10.2. The van der Waals surface area contributed by atoms with Crippen molar-refractivity contribution in [3.63, 3.8) is 0 Å². The van der Waals surface area contributed by atoms with Gasteiger partial charge in [0.15, 0.2) is 11.5 Å². The van der Waals surface area contributed by atoms with Gasteiger partial charge >= 0.3 is 0 Å². The van der Waals surface area contributed by atoms with Crippen molar-refractivity contribution in [2.45, 2.75) is 19.5 Å². The van der Waals surface area contributed by atoms with Crippen LogP contribution in [0.4, 0.5) is 0 Å². The van der Waals surface area contributed by atoms with Crippen LogP contribution in [0.5, 0.6) is 11.5 Å². The highest BCUT2D eigenvalue weighted by molar-refractivity contribution is 9.10. The second-order valence-corrected chi connectivity index (χ2v) is 6.36. The third kappa shape index (κ3) is 3.88. The normalized spacial score (nSPS) is 19.7. The van der Waals surface area contributed by atoms with E-state index in [9.17, 15) is 0 Å². The van der Waals surface area contributed by atoms with E-state index >= 15 is 0 Å². The van der Waals surface area contributed by atoms with E-state index in [4.69, 9.17) is 14.2 Å². The van der Waals surface area contributed by atoms with Crippen LogP contribution in [0.2, 0.25) is 0 Å². The Bertz CT molecular complexity index is 492. The molecular formula is C15H21BrN2O3. The Morgan fingerprint density at radius 1 is 1.29 bits per heavy atom. The Labute approximate surface area is 133 Å². The zero-order chi connectivity index (χ0) is 14.7. The van der Waals surface area contributed by atoms with Crippen LogP contribution in [-0.2, 0) is 11.3 Å². The first-order chi connectivity index (χ1) is 10.2. The molecule has 21 heavy (non-hydrogen) atoms. The largest absolute Gasteiger partial charge is 0.454 e. The quantitative estimate of drug-likeness (QED) is 0.873. The first-order valence-corrected chi connectivity index (χ1v) is 8.13. The van der Waals surface area contributed by atoms with Crippen molar-refractivity contribution in [2.75, 3.05) is 39.6 Å². The molecule has 116 valence electrons. The number of ether oxygens (including phenoxy) is 3. The molecule has 6 heteroatoms. The van der Waals surface area contributed by atoms with E-state index in [-0.39, 0.29) is 0 Å². The Kier molecular flexibility index (Phi) is 5.00. The van der Waals surface area contributed by atoms with Gasteiger partial charge < -0.3 is 19.5 Å². The minimum Gasteiger partial charge on any atom is -0.454 e. The fraction of sp³-hybridized carbons (Fsp3) is 0.600. The second kappa shape index (κ2) is 6.96. The average molecular weight is 357 g/mol. The minimum atomic E-state index is 0.304. The number of benzene rings is 1. The number of hydrogen-bond donors (Lipinski definition) is 1. The highest BCUT2D eigenvalue weighted by atomic mass is 79.9. The first-order valence-electron chi connectivity index (χ1n) is 7.34. The van der Waals surface area contributed by atoms with Crippen LogP contribution in [0.25, 0.3) is 0 Å². The molecule has 0 spiro atoms. The molecule has 1 aromatic carbocycles. The summed E-state index contributed by atoms with van der Waals surface area (Å²) in [4.78, 5) is 2.44. The molecule has 1 atom stereocenters. The predicted molar refractivity (Wildman–Crippen MR) is 83.8 cm³/mol. The number of nitrogens with one attached hydrogen (secondary N) is 1. The standard InChI is InChI=1S/C15H21BrN2O3/c1-11(9-18-2-4-19-5-3-18)17-8-12-6-13(16)15-14(7-12)20-10-21-15/h6-7,11,17H,2-5,8-10H2,1H3. The van der Waals surface area contributed by atoms with Gasteiger partial charge in [-0.3, -0.25) is 4.90 Å². The van der Waals surface area contributed by atoms with Crippen molar-refractivity contribution in [1.82, 2.24) is 10.2 Å². The van der Waals surface area contributed by atoms with Gasteiger partial charge in [0.25, 0.3) is 0 Å². The van der Waals surface area contributed by atoms with Crippen LogP contribution >= 0.6 is 15.9 Å². The van der Waals surface area contributed by atoms with Crippen molar-refractivity contribution in [3.8, 4) is 11.5 Å². The number of nitrogens with zero attached hydrogens (tertiary/aromatic N) is 1. The Balaban J connectivity index is 1.51. The molecule has 2 heterocycles. The number of hydrogen-bond acceptors (Lipinski definition) is 5. The molecule has 0 saturated carbocycles. The van der Waals surface area contributed by atoms with E-state index in [1.807, 2.05) is 6.07 Å². The van der Waals surface area contributed by atoms with Crippen LogP contribution in [0, 0.1) is 0 Å². The first kappa shape index (κ1) is 15.1. The minimum absolute atomic E-state index is 0.304. The topological polar surface area (TPSA) is 43.0 Å². The average Bonchev–Trinajstić information content (AvgIpc) is 2.95. The number of fused-ring (bicyclic) bond motifs is 1. The lowest BCUT2D eigenvalue weighted by molar-refractivity contribution is 0.0343. The summed E-state index contributed by atoms with van der Waals surface area (Å²) in [6.45, 7) is 8.15. The maximum absolute atomic E-state index is 5.45. The highest BCUT2D eigenvalue weighted by Crippen LogP contribution is 2.39. The summed E-state index contributed by atoms with van der Waals surface area (Å²) in [7, 11) is 0. The molecule has 0 bridgehead atoms. The van der Waals surface area contributed by atoms with Crippen molar-refractivity contribution in [2.24, 2.45) is 0 Å². The summed E-state index contributed by atoms with van der Waals surface area (Å²) in [5.74, 6) is 1.63. The van der Waals surface area contributed by atoms with Gasteiger partial charge in [0.1, 0.15) is 0 Å². The lowest BCUT2D eigenvalue weighted by Crippen LogP contribution is -2.44. The summed E-state index contributed by atoms with van der Waals surface area (Å²) in [6, 6.07) is 4.57. The van der Waals surface area contributed by atoms with Gasteiger partial charge in [-0.15, -0.1) is 0 Å². The molecule has 1 unspecified atom stereocenters. The molecular weight excluding hydrogens is 336 g/mol. The summed E-state index contributed by atoms with van der Waals surface area (Å²) in [5.41, 5.74) is 1.19. The molecule has 1 aromatic rings. The van der Waals surface area contributed by atoms with Crippen LogP contribution in [-0.4, -0.2) is 50.6 Å². The molecule has 2 aliphatic rings. The molecule has 0 aromatic heterocycles. The summed E-state index contributed by atoms with van der Waals surface area (Å²) >= 11 is 3.53. The van der Waals surface area contributed by atoms with Gasteiger partial charge in [-0.05, 0) is 40.5 Å². The molecule has 3 rings (SSSR count). The van der Waals surface area contributed by atoms with Crippen LogP contribution < -0.4 is 14.8 Å². The molecule has 5 nitrogen and oxygen atoms in total. The second-order valence-electron chi connectivity index (χ2n) is 5.51. The monoisotopic (exact) mass is 356 g/mol. The molecule has 0 amide bonds. The third-order valence-corrected chi connectivity index (χ3v) is 4.37. The van der Waals surface area contributed by atoms with E-state index in [2.05, 4.69) is 39.1 Å². The molecule has 0 aliphatic carbocycles. The zero-order valence-electron chi connectivity index (χ0n) is 12.2. The molecule has 1 N–H and O–H groups in total. The zero-order valence-corrected chi connectivity index (χ0v) is 13.8. The van der Waals surface area contributed by atoms with Gasteiger partial charge in [0.05, 0.1) is 17.7 Å². The van der Waals surface area contributed by atoms with E-state index in [1.54, 1.807) is 0 Å². The van der Waals surface area contributed by atoms with Crippen molar-refractivity contribution < 1.29 is 14.2 Å². The maximum atomic E-state index is 5.45. The fourth-order valence-corrected chi connectivity index (χ4v) is 3.25. The molecule has 0 radical (unpaired) electrons. The summed E-state index contributed by atoms with van der Waals surface area (Å²) in [5, 5.41) is 3.56. The number of rotatable bonds is 5. The van der Waals surface area contributed by atoms with Crippen molar-refractivity contribution in [1.29, 1.82) is 0 Å². The van der Waals surface area contributed by atoms with Gasteiger partial charge in [0, 0.05) is 32.2 Å². The van der Waals surface area contributed by atoms with Gasteiger partial charge in [-0.1, -0.05) is 0 Å². The maximum Gasteiger partial charge on any atom is 0.231 e. The molecule has 1 fully saturated rings. The molecule has 2 aliphatic heterocycles. The Hall–Kier alpha value is -0.820. The fourth-order valence-electron chi connectivity index (χ4n) is 2.65. The number of morpholine rings is 1.